The zero-order valence-electron chi connectivity index (χ0n) is 18.0. The maximum atomic E-state index is 12.7. The Kier molecular flexibility index (Phi) is 6.37. The van der Waals surface area contributed by atoms with Gasteiger partial charge in [0.2, 0.25) is 0 Å². The van der Waals surface area contributed by atoms with Crippen LogP contribution in [0.25, 0.3) is 10.9 Å². The quantitative estimate of drug-likeness (QED) is 0.549. The van der Waals surface area contributed by atoms with Gasteiger partial charge in [0, 0.05) is 28.2 Å². The maximum absolute atomic E-state index is 12.7. The van der Waals surface area contributed by atoms with Gasteiger partial charge in [-0.3, -0.25) is 14.6 Å². The molecule has 0 bridgehead atoms. The van der Waals surface area contributed by atoms with Crippen LogP contribution in [0.4, 0.5) is 0 Å². The average molecular weight is 434 g/mol. The van der Waals surface area contributed by atoms with Crippen LogP contribution in [0.2, 0.25) is 0 Å². The zero-order chi connectivity index (χ0) is 22.7. The molecule has 1 aliphatic carbocycles. The summed E-state index contributed by atoms with van der Waals surface area (Å²) >= 11 is 0. The van der Waals surface area contributed by atoms with E-state index in [1.165, 1.54) is 0 Å². The standard InChI is InChI=1S/C25H27N3O4/c1-15-13-17(19-5-2-3-8-22(19)27-15)14-32-18-11-9-16(10-12-18)24(29)28-23-20(25(30)31)6-4-7-21(23)26/h2-3,5,8-13,20-21,23H,4,6-7,14,26H2,1H3,(H,28,29)(H,30,31)/t20-,21-,23?/m0/s1. The molecule has 1 amide bonds. The molecule has 1 unspecified atom stereocenters. The number of nitrogens with one attached hydrogen (secondary N) is 1. The van der Waals surface area contributed by atoms with Crippen molar-refractivity contribution in [2.75, 3.05) is 0 Å². The molecule has 3 aromatic rings. The number of hydrogen-bond acceptors (Lipinski definition) is 5. The van der Waals surface area contributed by atoms with Crippen molar-refractivity contribution in [3.63, 3.8) is 0 Å². The molecule has 1 heterocycles. The van der Waals surface area contributed by atoms with Crippen molar-refractivity contribution >= 4 is 22.8 Å². The number of carboxylic acids is 1. The van der Waals surface area contributed by atoms with Crippen LogP contribution in [-0.4, -0.2) is 34.1 Å². The number of ether oxygens (including phenoxy) is 1. The number of carbonyl (C=O) groups excluding carboxylic acids is 1. The number of nitrogens with zero attached hydrogens (tertiary/aromatic N) is 1. The van der Waals surface area contributed by atoms with E-state index in [9.17, 15) is 14.7 Å². The van der Waals surface area contributed by atoms with Gasteiger partial charge in [-0.1, -0.05) is 24.6 Å². The Morgan fingerprint density at radius 3 is 2.66 bits per heavy atom. The second kappa shape index (κ2) is 9.36. The lowest BCUT2D eigenvalue weighted by atomic mass is 9.81. The lowest BCUT2D eigenvalue weighted by molar-refractivity contribution is -0.143. The van der Waals surface area contributed by atoms with E-state index in [2.05, 4.69) is 10.3 Å². The Labute approximate surface area is 186 Å². The number of aliphatic carboxylic acids is 1. The molecule has 32 heavy (non-hydrogen) atoms. The van der Waals surface area contributed by atoms with E-state index in [0.29, 0.717) is 30.8 Å². The first-order valence-corrected chi connectivity index (χ1v) is 10.8. The lowest BCUT2D eigenvalue weighted by Gasteiger charge is -2.34. The van der Waals surface area contributed by atoms with Crippen molar-refractivity contribution in [2.45, 2.75) is 44.9 Å². The van der Waals surface area contributed by atoms with E-state index >= 15 is 0 Å². The topological polar surface area (TPSA) is 115 Å². The summed E-state index contributed by atoms with van der Waals surface area (Å²) in [6, 6.07) is 15.8. The summed E-state index contributed by atoms with van der Waals surface area (Å²) in [5.41, 5.74) is 9.43. The molecule has 3 atom stereocenters. The van der Waals surface area contributed by atoms with Crippen molar-refractivity contribution < 1.29 is 19.4 Å². The Morgan fingerprint density at radius 1 is 1.16 bits per heavy atom. The normalized spacial score (nSPS) is 20.6. The van der Waals surface area contributed by atoms with Crippen molar-refractivity contribution in [3.8, 4) is 5.75 Å². The van der Waals surface area contributed by atoms with Crippen LogP contribution in [0.5, 0.6) is 5.75 Å². The van der Waals surface area contributed by atoms with E-state index in [1.54, 1.807) is 24.3 Å². The third-order valence-electron chi connectivity index (χ3n) is 6.00. The third kappa shape index (κ3) is 4.73. The monoisotopic (exact) mass is 433 g/mol. The number of carboxylic acid groups (broad SMARTS) is 1. The number of rotatable bonds is 6. The highest BCUT2D eigenvalue weighted by Gasteiger charge is 2.36. The molecule has 2 aromatic carbocycles. The summed E-state index contributed by atoms with van der Waals surface area (Å²) in [5, 5.41) is 13.3. The van der Waals surface area contributed by atoms with Crippen molar-refractivity contribution in [3.05, 3.63) is 71.4 Å². The van der Waals surface area contributed by atoms with E-state index < -0.39 is 17.9 Å². The minimum Gasteiger partial charge on any atom is -0.489 e. The largest absolute Gasteiger partial charge is 0.489 e. The number of hydrogen-bond donors (Lipinski definition) is 3. The number of para-hydroxylation sites is 1. The van der Waals surface area contributed by atoms with Crippen LogP contribution in [0.1, 0.15) is 40.9 Å². The van der Waals surface area contributed by atoms with Gasteiger partial charge in [0.25, 0.3) is 5.91 Å². The van der Waals surface area contributed by atoms with Crippen LogP contribution < -0.4 is 15.8 Å². The van der Waals surface area contributed by atoms with Crippen molar-refractivity contribution in [1.82, 2.24) is 10.3 Å². The maximum Gasteiger partial charge on any atom is 0.308 e. The molecule has 166 valence electrons. The molecular formula is C25H27N3O4. The molecule has 0 aliphatic heterocycles. The summed E-state index contributed by atoms with van der Waals surface area (Å²) in [7, 11) is 0. The fraction of sp³-hybridized carbons (Fsp3) is 0.320. The third-order valence-corrected chi connectivity index (χ3v) is 6.00. The Hall–Kier alpha value is -3.45. The van der Waals surface area contributed by atoms with Gasteiger partial charge in [0.1, 0.15) is 12.4 Å². The summed E-state index contributed by atoms with van der Waals surface area (Å²) < 4.78 is 5.95. The molecule has 0 saturated heterocycles. The van der Waals surface area contributed by atoms with Gasteiger partial charge in [0.15, 0.2) is 0 Å². The van der Waals surface area contributed by atoms with Gasteiger partial charge in [-0.25, -0.2) is 0 Å². The number of amides is 1. The summed E-state index contributed by atoms with van der Waals surface area (Å²) in [5.74, 6) is -1.28. The highest BCUT2D eigenvalue weighted by Crippen LogP contribution is 2.25. The number of benzene rings is 2. The molecule has 4 N–H and O–H groups in total. The SMILES string of the molecule is Cc1cc(COc2ccc(C(=O)NC3[C@@H](C(=O)O)CCC[C@@H]3N)cc2)c2ccccc2n1. The molecule has 7 nitrogen and oxygen atoms in total. The molecule has 1 aliphatic rings. The number of fused-ring (bicyclic) bond motifs is 1. The van der Waals surface area contributed by atoms with Gasteiger partial charge >= 0.3 is 5.97 Å². The lowest BCUT2D eigenvalue weighted by Crippen LogP contribution is -2.55. The summed E-state index contributed by atoms with van der Waals surface area (Å²) in [6.45, 7) is 2.34. The smallest absolute Gasteiger partial charge is 0.308 e. The van der Waals surface area contributed by atoms with Crippen molar-refractivity contribution in [2.24, 2.45) is 11.7 Å². The predicted octanol–water partition coefficient (Wildman–Crippen LogP) is 3.43. The second-order valence-electron chi connectivity index (χ2n) is 8.29. The van der Waals surface area contributed by atoms with Crippen LogP contribution in [-0.2, 0) is 11.4 Å². The number of carbonyl (C=O) groups is 2. The number of pyridine rings is 1. The van der Waals surface area contributed by atoms with Crippen LogP contribution in [0, 0.1) is 12.8 Å². The van der Waals surface area contributed by atoms with E-state index in [1.807, 2.05) is 37.3 Å². The fourth-order valence-electron chi connectivity index (χ4n) is 4.33. The first-order chi connectivity index (χ1) is 15.4. The average Bonchev–Trinajstić information content (AvgIpc) is 2.78. The molecule has 0 spiro atoms. The van der Waals surface area contributed by atoms with Gasteiger partial charge < -0.3 is 20.9 Å². The van der Waals surface area contributed by atoms with Crippen LogP contribution >= 0.6 is 0 Å². The molecule has 4 rings (SSSR count). The fourth-order valence-corrected chi connectivity index (χ4v) is 4.33. The van der Waals surface area contributed by atoms with E-state index in [4.69, 9.17) is 10.5 Å². The zero-order valence-corrected chi connectivity index (χ0v) is 18.0. The highest BCUT2D eigenvalue weighted by molar-refractivity contribution is 5.95. The Morgan fingerprint density at radius 2 is 1.91 bits per heavy atom. The van der Waals surface area contributed by atoms with Crippen LogP contribution in [0.3, 0.4) is 0 Å². The second-order valence-corrected chi connectivity index (χ2v) is 8.29. The first kappa shape index (κ1) is 21.8. The van der Waals surface area contributed by atoms with Crippen molar-refractivity contribution in [1.29, 1.82) is 0 Å². The Balaban J connectivity index is 1.42. The number of aryl methyl sites for hydroxylation is 1. The molecule has 1 saturated carbocycles. The van der Waals surface area contributed by atoms with E-state index in [0.717, 1.165) is 28.6 Å². The van der Waals surface area contributed by atoms with Gasteiger partial charge in [0.05, 0.1) is 17.5 Å². The molecule has 0 radical (unpaired) electrons. The first-order valence-electron chi connectivity index (χ1n) is 10.8. The number of nitrogens with two attached hydrogens (primary N) is 1. The molecule has 1 aromatic heterocycles. The summed E-state index contributed by atoms with van der Waals surface area (Å²) in [4.78, 5) is 28.8. The highest BCUT2D eigenvalue weighted by atomic mass is 16.5. The Bertz CT molecular complexity index is 1130. The van der Waals surface area contributed by atoms with Gasteiger partial charge in [-0.05, 0) is 56.2 Å². The number of aromatic nitrogens is 1. The molecular weight excluding hydrogens is 406 g/mol. The molecule has 1 fully saturated rings. The molecule has 7 heteroatoms. The minimum atomic E-state index is -0.923. The van der Waals surface area contributed by atoms with Crippen LogP contribution in [0.15, 0.2) is 54.6 Å². The summed E-state index contributed by atoms with van der Waals surface area (Å²) in [6.07, 6.45) is 1.97. The van der Waals surface area contributed by atoms with Gasteiger partial charge in [-0.15, -0.1) is 0 Å². The predicted molar refractivity (Wildman–Crippen MR) is 121 cm³/mol. The minimum absolute atomic E-state index is 0.332. The van der Waals surface area contributed by atoms with E-state index in [-0.39, 0.29) is 11.9 Å². The van der Waals surface area contributed by atoms with Gasteiger partial charge in [-0.2, -0.15) is 0 Å².